The molecular weight excluding hydrogens is 288 g/mol. The van der Waals surface area contributed by atoms with Crippen molar-refractivity contribution in [1.29, 1.82) is 0 Å². The number of piperazine rings is 1. The highest BCUT2D eigenvalue weighted by molar-refractivity contribution is 6.30. The number of rotatable bonds is 2. The number of carbonyl (C=O) groups excluding carboxylic acids is 2. The van der Waals surface area contributed by atoms with Crippen LogP contribution in [0.4, 0.5) is 0 Å². The van der Waals surface area contributed by atoms with E-state index in [0.717, 1.165) is 31.4 Å². The molecule has 2 unspecified atom stereocenters. The topological polar surface area (TPSA) is 40.6 Å². The van der Waals surface area contributed by atoms with Gasteiger partial charge in [-0.25, -0.2) is 0 Å². The van der Waals surface area contributed by atoms with E-state index in [2.05, 4.69) is 0 Å². The van der Waals surface area contributed by atoms with Gasteiger partial charge in [-0.05, 0) is 43.9 Å². The van der Waals surface area contributed by atoms with Crippen LogP contribution in [0.1, 0.15) is 37.8 Å². The van der Waals surface area contributed by atoms with E-state index in [1.165, 1.54) is 0 Å². The van der Waals surface area contributed by atoms with Crippen LogP contribution >= 0.6 is 11.6 Å². The van der Waals surface area contributed by atoms with E-state index in [4.69, 9.17) is 11.6 Å². The van der Waals surface area contributed by atoms with Crippen molar-refractivity contribution in [2.75, 3.05) is 13.1 Å². The van der Waals surface area contributed by atoms with Crippen molar-refractivity contribution in [3.05, 3.63) is 34.9 Å². The molecule has 3 rings (SSSR count). The lowest BCUT2D eigenvalue weighted by Gasteiger charge is -2.44. The van der Waals surface area contributed by atoms with Gasteiger partial charge < -0.3 is 9.80 Å². The van der Waals surface area contributed by atoms with E-state index in [0.29, 0.717) is 5.02 Å². The molecule has 1 aromatic carbocycles. The number of amides is 2. The molecule has 0 bridgehead atoms. The van der Waals surface area contributed by atoms with Gasteiger partial charge in [0.2, 0.25) is 11.8 Å². The van der Waals surface area contributed by atoms with Crippen LogP contribution in [0, 0.1) is 0 Å². The van der Waals surface area contributed by atoms with Gasteiger partial charge >= 0.3 is 0 Å². The summed E-state index contributed by atoms with van der Waals surface area (Å²) in [7, 11) is 0. The number of carbonyl (C=O) groups is 2. The highest BCUT2D eigenvalue weighted by Gasteiger charge is 2.42. The molecule has 21 heavy (non-hydrogen) atoms. The zero-order valence-corrected chi connectivity index (χ0v) is 12.8. The lowest BCUT2D eigenvalue weighted by molar-refractivity contribution is -0.159. The highest BCUT2D eigenvalue weighted by Crippen LogP contribution is 2.29. The summed E-state index contributed by atoms with van der Waals surface area (Å²) in [5, 5.41) is 0.672. The fraction of sp³-hybridized carbons (Fsp3) is 0.500. The molecule has 0 radical (unpaired) electrons. The summed E-state index contributed by atoms with van der Waals surface area (Å²) in [6.45, 7) is 2.87. The molecule has 4 nitrogen and oxygen atoms in total. The third kappa shape index (κ3) is 2.64. The molecule has 2 heterocycles. The summed E-state index contributed by atoms with van der Waals surface area (Å²) >= 11 is 5.90. The number of hydrogen-bond acceptors (Lipinski definition) is 2. The van der Waals surface area contributed by atoms with Gasteiger partial charge in [-0.3, -0.25) is 9.59 Å². The number of piperidine rings is 1. The molecule has 0 saturated carbocycles. The fourth-order valence-corrected chi connectivity index (χ4v) is 3.37. The standard InChI is InChI=1S/C16H19ClN2O2/c1-11(12-5-7-13(17)8-6-12)19-10-15(20)18-9-3-2-4-14(18)16(19)21/h5-8,11,14H,2-4,9-10H2,1H3. The average molecular weight is 307 g/mol. The first-order chi connectivity index (χ1) is 10.1. The van der Waals surface area contributed by atoms with Gasteiger partial charge in [0.05, 0.1) is 6.04 Å². The predicted octanol–water partition coefficient (Wildman–Crippen LogP) is 2.62. The maximum Gasteiger partial charge on any atom is 0.246 e. The molecule has 2 atom stereocenters. The van der Waals surface area contributed by atoms with Crippen molar-refractivity contribution < 1.29 is 9.59 Å². The molecule has 5 heteroatoms. The third-order valence-electron chi connectivity index (χ3n) is 4.52. The quantitative estimate of drug-likeness (QED) is 0.843. The zero-order valence-electron chi connectivity index (χ0n) is 12.1. The summed E-state index contributed by atoms with van der Waals surface area (Å²) in [4.78, 5) is 28.4. The minimum Gasteiger partial charge on any atom is -0.329 e. The molecule has 2 aliphatic heterocycles. The molecule has 2 fully saturated rings. The first-order valence-electron chi connectivity index (χ1n) is 7.43. The smallest absolute Gasteiger partial charge is 0.246 e. The van der Waals surface area contributed by atoms with E-state index in [1.54, 1.807) is 9.80 Å². The Balaban J connectivity index is 1.83. The molecule has 0 spiro atoms. The van der Waals surface area contributed by atoms with E-state index in [1.807, 2.05) is 31.2 Å². The van der Waals surface area contributed by atoms with Crippen molar-refractivity contribution >= 4 is 23.4 Å². The van der Waals surface area contributed by atoms with E-state index < -0.39 is 0 Å². The van der Waals surface area contributed by atoms with Gasteiger partial charge in [0.1, 0.15) is 12.6 Å². The van der Waals surface area contributed by atoms with Crippen LogP contribution in [0.15, 0.2) is 24.3 Å². The van der Waals surface area contributed by atoms with Gasteiger partial charge in [-0.2, -0.15) is 0 Å². The molecule has 0 N–H and O–H groups in total. The summed E-state index contributed by atoms with van der Waals surface area (Å²) in [5.74, 6) is 0.150. The maximum atomic E-state index is 12.7. The van der Waals surface area contributed by atoms with Crippen LogP contribution in [0.3, 0.4) is 0 Å². The molecule has 2 saturated heterocycles. The Morgan fingerprint density at radius 3 is 2.62 bits per heavy atom. The van der Waals surface area contributed by atoms with E-state index in [9.17, 15) is 9.59 Å². The Hall–Kier alpha value is -1.55. The predicted molar refractivity (Wildman–Crippen MR) is 80.9 cm³/mol. The second-order valence-corrected chi connectivity index (χ2v) is 6.23. The maximum absolute atomic E-state index is 12.7. The SMILES string of the molecule is CC(c1ccc(Cl)cc1)N1CC(=O)N2CCCCC2C1=O. The van der Waals surface area contributed by atoms with Gasteiger partial charge in [0, 0.05) is 11.6 Å². The van der Waals surface area contributed by atoms with Gasteiger partial charge in [-0.15, -0.1) is 0 Å². The number of hydrogen-bond donors (Lipinski definition) is 0. The molecule has 0 aliphatic carbocycles. The van der Waals surface area contributed by atoms with Crippen molar-refractivity contribution in [2.24, 2.45) is 0 Å². The minimum atomic E-state index is -0.255. The van der Waals surface area contributed by atoms with Crippen molar-refractivity contribution in [2.45, 2.75) is 38.3 Å². The van der Waals surface area contributed by atoms with Crippen molar-refractivity contribution in [3.63, 3.8) is 0 Å². The van der Waals surface area contributed by atoms with E-state index in [-0.39, 0.29) is 30.4 Å². The Labute approximate surface area is 129 Å². The molecule has 0 aromatic heterocycles. The molecule has 2 aliphatic rings. The summed E-state index contributed by atoms with van der Waals surface area (Å²) < 4.78 is 0. The Morgan fingerprint density at radius 2 is 1.90 bits per heavy atom. The molecule has 112 valence electrons. The number of benzene rings is 1. The zero-order chi connectivity index (χ0) is 15.0. The van der Waals surface area contributed by atoms with E-state index >= 15 is 0 Å². The number of halogens is 1. The average Bonchev–Trinajstić information content (AvgIpc) is 2.51. The van der Waals surface area contributed by atoms with Crippen LogP contribution in [-0.4, -0.2) is 40.7 Å². The second kappa shape index (κ2) is 5.68. The van der Waals surface area contributed by atoms with Gasteiger partial charge in [0.25, 0.3) is 0 Å². The molecular formula is C16H19ClN2O2. The largest absolute Gasteiger partial charge is 0.329 e. The van der Waals surface area contributed by atoms with Crippen LogP contribution in [0.2, 0.25) is 5.02 Å². The highest BCUT2D eigenvalue weighted by atomic mass is 35.5. The first kappa shape index (κ1) is 14.4. The third-order valence-corrected chi connectivity index (χ3v) is 4.77. The normalized spacial score (nSPS) is 24.0. The summed E-state index contributed by atoms with van der Waals surface area (Å²) in [6, 6.07) is 7.10. The Kier molecular flexibility index (Phi) is 3.89. The van der Waals surface area contributed by atoms with Crippen LogP contribution < -0.4 is 0 Å². The monoisotopic (exact) mass is 306 g/mol. The number of nitrogens with zero attached hydrogens (tertiary/aromatic N) is 2. The minimum absolute atomic E-state index is 0.0695. The fourth-order valence-electron chi connectivity index (χ4n) is 3.24. The summed E-state index contributed by atoms with van der Waals surface area (Å²) in [5.41, 5.74) is 1.00. The lowest BCUT2D eigenvalue weighted by Crippen LogP contribution is -2.61. The Morgan fingerprint density at radius 1 is 1.19 bits per heavy atom. The second-order valence-electron chi connectivity index (χ2n) is 5.79. The van der Waals surface area contributed by atoms with Crippen molar-refractivity contribution in [3.8, 4) is 0 Å². The van der Waals surface area contributed by atoms with Crippen LogP contribution in [0.5, 0.6) is 0 Å². The van der Waals surface area contributed by atoms with Gasteiger partial charge in [-0.1, -0.05) is 23.7 Å². The Bertz CT molecular complexity index is 558. The number of fused-ring (bicyclic) bond motifs is 1. The molecule has 1 aromatic rings. The molecule has 2 amide bonds. The lowest BCUT2D eigenvalue weighted by atomic mass is 9.96. The first-order valence-corrected chi connectivity index (χ1v) is 7.81. The summed E-state index contributed by atoms with van der Waals surface area (Å²) in [6.07, 6.45) is 2.81. The van der Waals surface area contributed by atoms with Crippen LogP contribution in [0.25, 0.3) is 0 Å². The van der Waals surface area contributed by atoms with Crippen LogP contribution in [-0.2, 0) is 9.59 Å². The van der Waals surface area contributed by atoms with Gasteiger partial charge in [0.15, 0.2) is 0 Å². The van der Waals surface area contributed by atoms with Crippen molar-refractivity contribution in [1.82, 2.24) is 9.80 Å².